The van der Waals surface area contributed by atoms with Gasteiger partial charge in [-0.1, -0.05) is 52.0 Å². The molecule has 0 amide bonds. The molecule has 0 radical (unpaired) electrons. The number of carboxylic acid groups (broad SMARTS) is 1. The fraction of sp³-hybridized carbons (Fsp3) is 0.588. The molecule has 2 nitrogen and oxygen atoms in total. The minimum Gasteiger partial charge on any atom is -0.481 e. The van der Waals surface area contributed by atoms with Crippen molar-refractivity contribution in [2.45, 2.75) is 51.4 Å². The molecular formula is C17H22O2. The van der Waals surface area contributed by atoms with Crippen LogP contribution in [0.4, 0.5) is 0 Å². The summed E-state index contributed by atoms with van der Waals surface area (Å²) in [6.07, 6.45) is 2.05. The van der Waals surface area contributed by atoms with E-state index in [1.807, 2.05) is 0 Å². The Balaban J connectivity index is 2.20. The van der Waals surface area contributed by atoms with Gasteiger partial charge < -0.3 is 5.11 Å². The van der Waals surface area contributed by atoms with E-state index in [0.717, 1.165) is 12.8 Å². The summed E-state index contributed by atoms with van der Waals surface area (Å²) in [4.78, 5) is 11.6. The van der Waals surface area contributed by atoms with Crippen LogP contribution in [-0.4, -0.2) is 11.1 Å². The smallest absolute Gasteiger partial charge is 0.308 e. The summed E-state index contributed by atoms with van der Waals surface area (Å²) in [7, 11) is 0. The first-order valence-corrected chi connectivity index (χ1v) is 7.08. The molecule has 1 aromatic carbocycles. The molecule has 2 atom stereocenters. The van der Waals surface area contributed by atoms with Crippen molar-refractivity contribution < 1.29 is 9.90 Å². The zero-order valence-corrected chi connectivity index (χ0v) is 12.2. The fourth-order valence-electron chi connectivity index (χ4n) is 4.58. The summed E-state index contributed by atoms with van der Waals surface area (Å²) in [5.41, 5.74) is 2.50. The summed E-state index contributed by atoms with van der Waals surface area (Å²) in [5, 5.41) is 9.56. The molecule has 0 saturated heterocycles. The third kappa shape index (κ3) is 1.35. The van der Waals surface area contributed by atoms with Crippen molar-refractivity contribution in [2.24, 2.45) is 11.3 Å². The fourth-order valence-corrected chi connectivity index (χ4v) is 4.58. The lowest BCUT2D eigenvalue weighted by atomic mass is 9.65. The first-order chi connectivity index (χ1) is 8.75. The molecule has 1 N–H and O–H groups in total. The van der Waals surface area contributed by atoms with E-state index in [1.54, 1.807) is 0 Å². The molecule has 2 heteroatoms. The van der Waals surface area contributed by atoms with Crippen molar-refractivity contribution in [2.75, 3.05) is 0 Å². The number of fused-ring (bicyclic) bond motifs is 2. The summed E-state index contributed by atoms with van der Waals surface area (Å²) in [6.45, 7) is 8.76. The van der Waals surface area contributed by atoms with Gasteiger partial charge >= 0.3 is 5.97 Å². The molecule has 1 fully saturated rings. The first kappa shape index (κ1) is 12.7. The van der Waals surface area contributed by atoms with Gasteiger partial charge in [-0.2, -0.15) is 0 Å². The van der Waals surface area contributed by atoms with E-state index in [4.69, 9.17) is 0 Å². The van der Waals surface area contributed by atoms with E-state index in [1.165, 1.54) is 11.1 Å². The maximum absolute atomic E-state index is 11.6. The molecular weight excluding hydrogens is 236 g/mol. The molecule has 19 heavy (non-hydrogen) atoms. The molecule has 2 aliphatic carbocycles. The van der Waals surface area contributed by atoms with Crippen LogP contribution in [0.3, 0.4) is 0 Å². The molecule has 0 aliphatic heterocycles. The average molecular weight is 258 g/mol. The van der Waals surface area contributed by atoms with Gasteiger partial charge in [-0.3, -0.25) is 4.79 Å². The van der Waals surface area contributed by atoms with E-state index in [2.05, 4.69) is 52.0 Å². The third-order valence-electron chi connectivity index (χ3n) is 5.81. The van der Waals surface area contributed by atoms with Crippen LogP contribution in [0.1, 0.15) is 51.7 Å². The molecule has 2 aliphatic rings. The van der Waals surface area contributed by atoms with Crippen LogP contribution < -0.4 is 0 Å². The third-order valence-corrected chi connectivity index (χ3v) is 5.81. The van der Waals surface area contributed by atoms with Crippen molar-refractivity contribution in [3.05, 3.63) is 35.4 Å². The lowest BCUT2D eigenvalue weighted by molar-refractivity contribution is -0.139. The molecule has 3 rings (SSSR count). The summed E-state index contributed by atoms with van der Waals surface area (Å²) < 4.78 is 0. The molecule has 1 aromatic rings. The summed E-state index contributed by atoms with van der Waals surface area (Å²) >= 11 is 0. The van der Waals surface area contributed by atoms with Crippen LogP contribution in [0.5, 0.6) is 0 Å². The first-order valence-electron chi connectivity index (χ1n) is 7.08. The zero-order chi connectivity index (χ0) is 14.1. The van der Waals surface area contributed by atoms with Crippen molar-refractivity contribution >= 4 is 5.97 Å². The number of carbonyl (C=O) groups is 1. The minimum atomic E-state index is -0.639. The van der Waals surface area contributed by atoms with Crippen molar-refractivity contribution in [3.8, 4) is 0 Å². The number of carboxylic acids is 1. The summed E-state index contributed by atoms with van der Waals surface area (Å²) in [6, 6.07) is 8.46. The number of hydrogen-bond donors (Lipinski definition) is 1. The molecule has 2 unspecified atom stereocenters. The summed E-state index contributed by atoms with van der Waals surface area (Å²) in [5.74, 6) is -0.878. The Morgan fingerprint density at radius 1 is 1.11 bits per heavy atom. The SMILES string of the molecule is CC1(C)CCC2(c3ccccc31)C(C(=O)O)C2(C)C. The number of hydrogen-bond acceptors (Lipinski definition) is 1. The molecule has 102 valence electrons. The van der Waals surface area contributed by atoms with Gasteiger partial charge in [0.05, 0.1) is 5.92 Å². The quantitative estimate of drug-likeness (QED) is 0.833. The Labute approximate surface area is 114 Å². The van der Waals surface area contributed by atoms with Crippen LogP contribution in [0.2, 0.25) is 0 Å². The lowest BCUT2D eigenvalue weighted by Gasteiger charge is -2.39. The van der Waals surface area contributed by atoms with Crippen molar-refractivity contribution in [3.63, 3.8) is 0 Å². The average Bonchev–Trinajstić information content (AvgIpc) is 2.83. The monoisotopic (exact) mass is 258 g/mol. The van der Waals surface area contributed by atoms with Crippen LogP contribution in [0.25, 0.3) is 0 Å². The van der Waals surface area contributed by atoms with Gasteiger partial charge in [-0.15, -0.1) is 0 Å². The van der Waals surface area contributed by atoms with E-state index < -0.39 is 5.97 Å². The highest BCUT2D eigenvalue weighted by molar-refractivity contribution is 5.80. The minimum absolute atomic E-state index is 0.133. The largest absolute Gasteiger partial charge is 0.481 e. The van der Waals surface area contributed by atoms with Crippen LogP contribution in [-0.2, 0) is 15.6 Å². The number of rotatable bonds is 1. The highest BCUT2D eigenvalue weighted by atomic mass is 16.4. The molecule has 0 bridgehead atoms. The Morgan fingerprint density at radius 2 is 1.68 bits per heavy atom. The van der Waals surface area contributed by atoms with Crippen LogP contribution in [0, 0.1) is 11.3 Å². The van der Waals surface area contributed by atoms with E-state index in [9.17, 15) is 9.90 Å². The topological polar surface area (TPSA) is 37.3 Å². The van der Waals surface area contributed by atoms with E-state index in [-0.39, 0.29) is 22.2 Å². The van der Waals surface area contributed by atoms with Crippen molar-refractivity contribution in [1.29, 1.82) is 0 Å². The van der Waals surface area contributed by atoms with E-state index in [0.29, 0.717) is 0 Å². The molecule has 0 heterocycles. The predicted molar refractivity (Wildman–Crippen MR) is 75.3 cm³/mol. The van der Waals surface area contributed by atoms with Gasteiger partial charge in [0, 0.05) is 5.41 Å². The zero-order valence-electron chi connectivity index (χ0n) is 12.2. The second kappa shape index (κ2) is 3.41. The second-order valence-corrected chi connectivity index (χ2v) is 7.39. The van der Waals surface area contributed by atoms with E-state index >= 15 is 0 Å². The normalized spacial score (nSPS) is 33.8. The number of aliphatic carboxylic acids is 1. The Morgan fingerprint density at radius 3 is 2.21 bits per heavy atom. The number of benzene rings is 1. The highest BCUT2D eigenvalue weighted by Crippen LogP contribution is 2.74. The second-order valence-electron chi connectivity index (χ2n) is 7.39. The van der Waals surface area contributed by atoms with Gasteiger partial charge in [0.2, 0.25) is 0 Å². The maximum Gasteiger partial charge on any atom is 0.308 e. The predicted octanol–water partition coefficient (Wildman–Crippen LogP) is 3.74. The molecule has 1 saturated carbocycles. The standard InChI is InChI=1S/C17H22O2/c1-15(2)9-10-17(12-8-6-5-7-11(12)15)13(14(18)19)16(17,3)4/h5-8,13H,9-10H2,1-4H3,(H,18,19). The van der Waals surface area contributed by atoms with Crippen LogP contribution >= 0.6 is 0 Å². The van der Waals surface area contributed by atoms with Gasteiger partial charge in [0.1, 0.15) is 0 Å². The van der Waals surface area contributed by atoms with Gasteiger partial charge in [0.25, 0.3) is 0 Å². The van der Waals surface area contributed by atoms with Gasteiger partial charge in [-0.25, -0.2) is 0 Å². The van der Waals surface area contributed by atoms with Gasteiger partial charge in [-0.05, 0) is 34.8 Å². The molecule has 1 spiro atoms. The van der Waals surface area contributed by atoms with Crippen molar-refractivity contribution in [1.82, 2.24) is 0 Å². The Hall–Kier alpha value is -1.31. The lowest BCUT2D eigenvalue weighted by Crippen LogP contribution is -2.33. The van der Waals surface area contributed by atoms with Crippen LogP contribution in [0.15, 0.2) is 24.3 Å². The highest BCUT2D eigenvalue weighted by Gasteiger charge is 2.76. The molecule has 0 aromatic heterocycles. The Kier molecular flexibility index (Phi) is 2.28. The van der Waals surface area contributed by atoms with Gasteiger partial charge in [0.15, 0.2) is 0 Å². The Bertz CT molecular complexity index is 556. The maximum atomic E-state index is 11.6.